The number of rotatable bonds is 9. The predicted molar refractivity (Wildman–Crippen MR) is 119 cm³/mol. The number of hydrogen-bond donors (Lipinski definition) is 1. The Bertz CT molecular complexity index is 820. The van der Waals surface area contributed by atoms with Crippen molar-refractivity contribution in [2.45, 2.75) is 76.8 Å². The molecule has 6 nitrogen and oxygen atoms in total. The predicted octanol–water partition coefficient (Wildman–Crippen LogP) is 3.94. The first-order valence-electron chi connectivity index (χ1n) is 11.8. The van der Waals surface area contributed by atoms with Crippen LogP contribution in [0.1, 0.15) is 68.9 Å². The molecule has 4 rings (SSSR count). The lowest BCUT2D eigenvalue weighted by atomic mass is 9.95. The highest BCUT2D eigenvalue weighted by Crippen LogP contribution is 2.30. The van der Waals surface area contributed by atoms with Gasteiger partial charge in [0.15, 0.2) is 0 Å². The first-order chi connectivity index (χ1) is 15.1. The molecule has 1 aromatic carbocycles. The first kappa shape index (κ1) is 21.6. The number of nitrogens with zero attached hydrogens (tertiary/aromatic N) is 2. The van der Waals surface area contributed by atoms with Crippen LogP contribution in [0.15, 0.2) is 35.9 Å². The van der Waals surface area contributed by atoms with Crippen LogP contribution in [0.3, 0.4) is 0 Å². The lowest BCUT2D eigenvalue weighted by molar-refractivity contribution is -0.128. The molecule has 4 amide bonds. The van der Waals surface area contributed by atoms with Crippen LogP contribution in [0.4, 0.5) is 4.79 Å². The molecule has 1 aliphatic carbocycles. The molecule has 2 heterocycles. The number of nitrogens with one attached hydrogen (secondary N) is 1. The number of amides is 4. The van der Waals surface area contributed by atoms with Gasteiger partial charge in [-0.25, -0.2) is 4.79 Å². The van der Waals surface area contributed by atoms with Crippen LogP contribution in [-0.4, -0.2) is 46.8 Å². The smallest absolute Gasteiger partial charge is 0.327 e. The monoisotopic (exact) mass is 423 g/mol. The van der Waals surface area contributed by atoms with E-state index >= 15 is 0 Å². The third-order valence-corrected chi connectivity index (χ3v) is 6.72. The van der Waals surface area contributed by atoms with Crippen molar-refractivity contribution < 1.29 is 14.4 Å². The van der Waals surface area contributed by atoms with E-state index in [1.165, 1.54) is 36.2 Å². The molecule has 1 N–H and O–H groups in total. The summed E-state index contributed by atoms with van der Waals surface area (Å²) in [5, 5.41) is 3.01. The van der Waals surface area contributed by atoms with E-state index in [-0.39, 0.29) is 23.9 Å². The zero-order chi connectivity index (χ0) is 21.6. The summed E-state index contributed by atoms with van der Waals surface area (Å²) in [5.74, 6) is 0.0221. The molecule has 0 bridgehead atoms. The van der Waals surface area contributed by atoms with Gasteiger partial charge in [0, 0.05) is 32.5 Å². The van der Waals surface area contributed by atoms with Gasteiger partial charge in [-0.15, -0.1) is 0 Å². The minimum Gasteiger partial charge on any atom is -0.356 e. The highest BCUT2D eigenvalue weighted by atomic mass is 16.2. The van der Waals surface area contributed by atoms with E-state index in [2.05, 4.69) is 11.4 Å². The summed E-state index contributed by atoms with van der Waals surface area (Å²) in [5.41, 5.74) is 3.77. The molecule has 0 unspecified atom stereocenters. The largest absolute Gasteiger partial charge is 0.356 e. The maximum absolute atomic E-state index is 12.8. The number of fused-ring (bicyclic) bond motifs is 2. The maximum atomic E-state index is 12.8. The van der Waals surface area contributed by atoms with Crippen LogP contribution >= 0.6 is 0 Å². The molecule has 6 heteroatoms. The summed E-state index contributed by atoms with van der Waals surface area (Å²) in [7, 11) is 0. The molecule has 1 saturated heterocycles. The number of carbonyl (C=O) groups is 3. The SMILES string of the molecule is O=C(CCCCCN1C(=O)[C@@H]2Cc3ccccc3CN2C1=O)NCCC1=CCCCC1. The molecule has 0 saturated carbocycles. The molecule has 1 atom stereocenters. The van der Waals surface area contributed by atoms with E-state index in [0.29, 0.717) is 25.9 Å². The van der Waals surface area contributed by atoms with Gasteiger partial charge in [-0.3, -0.25) is 14.5 Å². The summed E-state index contributed by atoms with van der Waals surface area (Å²) in [6.45, 7) is 1.68. The normalized spacial score (nSPS) is 20.4. The van der Waals surface area contributed by atoms with E-state index in [1.807, 2.05) is 24.3 Å². The zero-order valence-electron chi connectivity index (χ0n) is 18.3. The second kappa shape index (κ2) is 10.1. The van der Waals surface area contributed by atoms with Crippen molar-refractivity contribution >= 4 is 17.8 Å². The topological polar surface area (TPSA) is 69.7 Å². The number of urea groups is 1. The molecule has 1 fully saturated rings. The highest BCUT2D eigenvalue weighted by Gasteiger charge is 2.46. The van der Waals surface area contributed by atoms with Gasteiger partial charge in [0.25, 0.3) is 5.91 Å². The second-order valence-electron chi connectivity index (χ2n) is 8.91. The number of benzene rings is 1. The van der Waals surface area contributed by atoms with Crippen molar-refractivity contribution in [3.63, 3.8) is 0 Å². The number of imide groups is 1. The third kappa shape index (κ3) is 5.17. The Kier molecular flexibility index (Phi) is 7.05. The summed E-state index contributed by atoms with van der Waals surface area (Å²) in [4.78, 5) is 40.7. The van der Waals surface area contributed by atoms with Gasteiger partial charge in [0.1, 0.15) is 6.04 Å². The number of allylic oxidation sites excluding steroid dienone is 1. The van der Waals surface area contributed by atoms with Crippen molar-refractivity contribution in [2.75, 3.05) is 13.1 Å². The highest BCUT2D eigenvalue weighted by molar-refractivity contribution is 6.04. The van der Waals surface area contributed by atoms with Crippen LogP contribution in [0.5, 0.6) is 0 Å². The summed E-state index contributed by atoms with van der Waals surface area (Å²) in [6, 6.07) is 7.51. The Morgan fingerprint density at radius 3 is 2.71 bits per heavy atom. The van der Waals surface area contributed by atoms with Gasteiger partial charge in [-0.05, 0) is 56.1 Å². The Balaban J connectivity index is 1.14. The second-order valence-corrected chi connectivity index (χ2v) is 8.91. The van der Waals surface area contributed by atoms with Crippen LogP contribution in [0.25, 0.3) is 0 Å². The minimum absolute atomic E-state index is 0.0748. The van der Waals surface area contributed by atoms with Crippen LogP contribution in [0, 0.1) is 0 Å². The van der Waals surface area contributed by atoms with Gasteiger partial charge in [-0.1, -0.05) is 42.3 Å². The molecule has 2 aliphatic heterocycles. The standard InChI is InChI=1S/C25H33N3O3/c29-23(26-15-14-19-9-3-1-4-10-19)13-5-2-8-16-27-24(30)22-17-20-11-6-7-12-21(20)18-28(22)25(27)31/h6-7,9,11-12,22H,1-5,8,10,13-18H2,(H,26,29)/t22-/m0/s1. The summed E-state index contributed by atoms with van der Waals surface area (Å²) in [6.07, 6.45) is 11.7. The van der Waals surface area contributed by atoms with Gasteiger partial charge in [0.2, 0.25) is 5.91 Å². The molecule has 0 radical (unpaired) electrons. The fourth-order valence-electron chi connectivity index (χ4n) is 4.89. The van der Waals surface area contributed by atoms with Gasteiger partial charge >= 0.3 is 6.03 Å². The molecule has 0 spiro atoms. The zero-order valence-corrected chi connectivity index (χ0v) is 18.3. The van der Waals surface area contributed by atoms with Crippen LogP contribution < -0.4 is 5.32 Å². The number of unbranched alkanes of at least 4 members (excludes halogenated alkanes) is 2. The van der Waals surface area contributed by atoms with Crippen molar-refractivity contribution in [1.82, 2.24) is 15.1 Å². The van der Waals surface area contributed by atoms with E-state index in [1.54, 1.807) is 4.90 Å². The van der Waals surface area contributed by atoms with Crippen molar-refractivity contribution in [2.24, 2.45) is 0 Å². The Labute approximate surface area is 184 Å². The van der Waals surface area contributed by atoms with Gasteiger partial charge < -0.3 is 10.2 Å². The summed E-state index contributed by atoms with van der Waals surface area (Å²) >= 11 is 0. The molecule has 31 heavy (non-hydrogen) atoms. The Morgan fingerprint density at radius 2 is 1.90 bits per heavy atom. The lowest BCUT2D eigenvalue weighted by Crippen LogP contribution is -2.39. The van der Waals surface area contributed by atoms with Gasteiger partial charge in [-0.2, -0.15) is 0 Å². The van der Waals surface area contributed by atoms with E-state index < -0.39 is 0 Å². The van der Waals surface area contributed by atoms with E-state index in [9.17, 15) is 14.4 Å². The maximum Gasteiger partial charge on any atom is 0.327 e. The molecule has 166 valence electrons. The van der Waals surface area contributed by atoms with Crippen LogP contribution in [0.2, 0.25) is 0 Å². The lowest BCUT2D eigenvalue weighted by Gasteiger charge is -2.28. The van der Waals surface area contributed by atoms with E-state index in [0.717, 1.165) is 43.4 Å². The molecule has 3 aliphatic rings. The van der Waals surface area contributed by atoms with Crippen molar-refractivity contribution in [3.05, 3.63) is 47.0 Å². The molecule has 1 aromatic rings. The quantitative estimate of drug-likeness (QED) is 0.372. The number of carbonyl (C=O) groups excluding carboxylic acids is 3. The summed E-state index contributed by atoms with van der Waals surface area (Å²) < 4.78 is 0. The van der Waals surface area contributed by atoms with E-state index in [4.69, 9.17) is 0 Å². The fraction of sp³-hybridized carbons (Fsp3) is 0.560. The third-order valence-electron chi connectivity index (χ3n) is 6.72. The molecular formula is C25H33N3O3. The average molecular weight is 424 g/mol. The molecular weight excluding hydrogens is 390 g/mol. The Hall–Kier alpha value is -2.63. The Morgan fingerprint density at radius 1 is 1.06 bits per heavy atom. The van der Waals surface area contributed by atoms with Crippen molar-refractivity contribution in [3.8, 4) is 0 Å². The van der Waals surface area contributed by atoms with Crippen molar-refractivity contribution in [1.29, 1.82) is 0 Å². The first-order valence-corrected chi connectivity index (χ1v) is 11.8. The minimum atomic E-state index is -0.354. The van der Waals surface area contributed by atoms with Gasteiger partial charge in [0.05, 0.1) is 0 Å². The number of hydrogen-bond acceptors (Lipinski definition) is 3. The average Bonchev–Trinajstić information content (AvgIpc) is 3.02. The fourth-order valence-corrected chi connectivity index (χ4v) is 4.89. The van der Waals surface area contributed by atoms with Crippen LogP contribution in [-0.2, 0) is 22.6 Å². The molecule has 0 aromatic heterocycles.